The third kappa shape index (κ3) is 5.76. The fourth-order valence-electron chi connectivity index (χ4n) is 4.30. The largest absolute Gasteiger partial charge is 0.490 e. The number of halogens is 2. The van der Waals surface area contributed by atoms with Crippen molar-refractivity contribution >= 4 is 39.4 Å². The van der Waals surface area contributed by atoms with Gasteiger partial charge in [-0.2, -0.15) is 4.68 Å². The fourth-order valence-corrected chi connectivity index (χ4v) is 5.06. The number of rotatable bonds is 9. The van der Waals surface area contributed by atoms with Crippen LogP contribution < -0.4 is 14.8 Å². The number of nitrogens with zero attached hydrogens (tertiary/aromatic N) is 4. The quantitative estimate of drug-likeness (QED) is 0.227. The molecule has 1 unspecified atom stereocenters. The van der Waals surface area contributed by atoms with Crippen LogP contribution in [-0.4, -0.2) is 32.8 Å². The Bertz CT molecular complexity index is 1530. The molecule has 1 aliphatic heterocycles. The highest BCUT2D eigenvalue weighted by molar-refractivity contribution is 9.10. The summed E-state index contributed by atoms with van der Waals surface area (Å²) in [4.78, 5) is 13.5. The highest BCUT2D eigenvalue weighted by atomic mass is 79.9. The first-order valence-corrected chi connectivity index (χ1v) is 13.4. The number of anilines is 1. The Labute approximate surface area is 238 Å². The predicted molar refractivity (Wildman–Crippen MR) is 150 cm³/mol. The molecule has 2 heterocycles. The number of allylic oxidation sites excluding steroid dienone is 1. The van der Waals surface area contributed by atoms with Gasteiger partial charge in [0.1, 0.15) is 19.3 Å². The van der Waals surface area contributed by atoms with E-state index < -0.39 is 12.0 Å². The smallest absolute Gasteiger partial charge is 0.338 e. The fraction of sp³-hybridized carbons (Fsp3) is 0.214. The molecule has 5 rings (SSSR count). The SMILES string of the molecule is CCOc1cc(C2C(C(=O)OCc3ccccc3)=C(C)Nc3nnnn32)cc(Br)c1OCc1ccccc1Cl. The van der Waals surface area contributed by atoms with Gasteiger partial charge in [0.15, 0.2) is 11.5 Å². The lowest BCUT2D eigenvalue weighted by atomic mass is 9.95. The number of tetrazole rings is 1. The first-order chi connectivity index (χ1) is 19.0. The van der Waals surface area contributed by atoms with Gasteiger partial charge in [-0.25, -0.2) is 4.79 Å². The van der Waals surface area contributed by atoms with Crippen LogP contribution in [0.5, 0.6) is 11.5 Å². The number of benzene rings is 3. The molecule has 39 heavy (non-hydrogen) atoms. The Morgan fingerprint density at radius 3 is 2.62 bits per heavy atom. The lowest BCUT2D eigenvalue weighted by Crippen LogP contribution is -2.29. The molecule has 0 saturated carbocycles. The Morgan fingerprint density at radius 1 is 1.08 bits per heavy atom. The molecule has 11 heteroatoms. The van der Waals surface area contributed by atoms with Crippen molar-refractivity contribution < 1.29 is 19.0 Å². The van der Waals surface area contributed by atoms with Crippen molar-refractivity contribution in [2.75, 3.05) is 11.9 Å². The lowest BCUT2D eigenvalue weighted by molar-refractivity contribution is -0.140. The van der Waals surface area contributed by atoms with Crippen LogP contribution in [-0.2, 0) is 22.7 Å². The molecule has 1 aromatic heterocycles. The summed E-state index contributed by atoms with van der Waals surface area (Å²) in [5.41, 5.74) is 3.40. The third-order valence-corrected chi connectivity index (χ3v) is 7.08. The van der Waals surface area contributed by atoms with Gasteiger partial charge in [0, 0.05) is 16.3 Å². The van der Waals surface area contributed by atoms with Gasteiger partial charge in [-0.15, -0.1) is 0 Å². The van der Waals surface area contributed by atoms with Gasteiger partial charge >= 0.3 is 5.97 Å². The predicted octanol–water partition coefficient (Wildman–Crippen LogP) is 6.10. The van der Waals surface area contributed by atoms with Gasteiger partial charge in [-0.05, 0) is 69.5 Å². The zero-order valence-corrected chi connectivity index (χ0v) is 23.6. The summed E-state index contributed by atoms with van der Waals surface area (Å²) in [6.07, 6.45) is 0. The minimum Gasteiger partial charge on any atom is -0.490 e. The van der Waals surface area contributed by atoms with Gasteiger partial charge in [0.25, 0.3) is 0 Å². The molecule has 0 spiro atoms. The molecule has 9 nitrogen and oxygen atoms in total. The van der Waals surface area contributed by atoms with Gasteiger partial charge in [-0.1, -0.05) is 65.2 Å². The minimum absolute atomic E-state index is 0.133. The summed E-state index contributed by atoms with van der Waals surface area (Å²) in [7, 11) is 0. The van der Waals surface area contributed by atoms with Crippen molar-refractivity contribution in [2.24, 2.45) is 0 Å². The van der Waals surface area contributed by atoms with Gasteiger partial charge in [-0.3, -0.25) is 0 Å². The van der Waals surface area contributed by atoms with Crippen LogP contribution in [0.1, 0.15) is 36.6 Å². The molecule has 4 aromatic rings. The molecule has 1 N–H and O–H groups in total. The second-order valence-corrected chi connectivity index (χ2v) is 9.98. The Morgan fingerprint density at radius 2 is 1.85 bits per heavy atom. The maximum atomic E-state index is 13.5. The molecule has 0 amide bonds. The van der Waals surface area contributed by atoms with Crippen LogP contribution in [0.2, 0.25) is 5.02 Å². The Balaban J connectivity index is 1.50. The summed E-state index contributed by atoms with van der Waals surface area (Å²) < 4.78 is 20.0. The zero-order valence-electron chi connectivity index (χ0n) is 21.2. The highest BCUT2D eigenvalue weighted by Gasteiger charge is 2.36. The molecule has 0 fully saturated rings. The van der Waals surface area contributed by atoms with Crippen molar-refractivity contribution in [1.82, 2.24) is 20.2 Å². The summed E-state index contributed by atoms with van der Waals surface area (Å²) in [6.45, 7) is 4.47. The van der Waals surface area contributed by atoms with Crippen LogP contribution in [0, 0.1) is 0 Å². The molecule has 0 radical (unpaired) electrons. The van der Waals surface area contributed by atoms with Crippen molar-refractivity contribution in [3.63, 3.8) is 0 Å². The summed E-state index contributed by atoms with van der Waals surface area (Å²) in [5.74, 6) is 0.936. The number of ether oxygens (including phenoxy) is 3. The summed E-state index contributed by atoms with van der Waals surface area (Å²) in [6, 6.07) is 20.0. The number of hydrogen-bond acceptors (Lipinski definition) is 8. The van der Waals surface area contributed by atoms with Gasteiger partial charge in [0.2, 0.25) is 5.95 Å². The van der Waals surface area contributed by atoms with E-state index in [1.54, 1.807) is 11.6 Å². The van der Waals surface area contributed by atoms with E-state index >= 15 is 0 Å². The summed E-state index contributed by atoms with van der Waals surface area (Å²) >= 11 is 9.96. The number of esters is 1. The van der Waals surface area contributed by atoms with Crippen LogP contribution >= 0.6 is 27.5 Å². The summed E-state index contributed by atoms with van der Waals surface area (Å²) in [5, 5.41) is 15.8. The number of carbonyl (C=O) groups is 1. The first-order valence-electron chi connectivity index (χ1n) is 12.3. The number of fused-ring (bicyclic) bond motifs is 1. The molecule has 1 aliphatic rings. The van der Waals surface area contributed by atoms with Crippen molar-refractivity contribution in [1.29, 1.82) is 0 Å². The van der Waals surface area contributed by atoms with E-state index in [4.69, 9.17) is 25.8 Å². The molecular formula is C28H25BrClN5O4. The minimum atomic E-state index is -0.673. The average molecular weight is 611 g/mol. The van der Waals surface area contributed by atoms with E-state index in [9.17, 15) is 4.79 Å². The van der Waals surface area contributed by atoms with E-state index in [2.05, 4.69) is 36.8 Å². The van der Waals surface area contributed by atoms with E-state index in [0.29, 0.717) is 50.4 Å². The first kappa shape index (κ1) is 26.7. The number of nitrogens with one attached hydrogen (secondary N) is 1. The lowest BCUT2D eigenvalue weighted by Gasteiger charge is -2.28. The molecule has 0 saturated heterocycles. The molecule has 0 aliphatic carbocycles. The Hall–Kier alpha value is -3.89. The number of carbonyl (C=O) groups excluding carboxylic acids is 1. The molecule has 200 valence electrons. The van der Waals surface area contributed by atoms with E-state index in [1.807, 2.05) is 73.7 Å². The van der Waals surface area contributed by atoms with Crippen molar-refractivity contribution in [3.8, 4) is 11.5 Å². The molecule has 1 atom stereocenters. The van der Waals surface area contributed by atoms with Gasteiger partial charge in [0.05, 0.1) is 16.7 Å². The Kier molecular flexibility index (Phi) is 8.13. The topological polar surface area (TPSA) is 100 Å². The van der Waals surface area contributed by atoms with E-state index in [0.717, 1.165) is 11.1 Å². The van der Waals surface area contributed by atoms with Crippen LogP contribution in [0.25, 0.3) is 0 Å². The van der Waals surface area contributed by atoms with E-state index in [-0.39, 0.29) is 13.2 Å². The third-order valence-electron chi connectivity index (χ3n) is 6.12. The second kappa shape index (κ2) is 11.9. The molecule has 3 aromatic carbocycles. The molecular weight excluding hydrogens is 586 g/mol. The van der Waals surface area contributed by atoms with Crippen LogP contribution in [0.15, 0.2) is 82.5 Å². The highest BCUT2D eigenvalue weighted by Crippen LogP contribution is 2.43. The number of hydrogen-bond donors (Lipinski definition) is 1. The monoisotopic (exact) mass is 609 g/mol. The second-order valence-electron chi connectivity index (χ2n) is 8.72. The molecule has 0 bridgehead atoms. The van der Waals surface area contributed by atoms with E-state index in [1.165, 1.54) is 0 Å². The zero-order chi connectivity index (χ0) is 27.4. The van der Waals surface area contributed by atoms with Crippen molar-refractivity contribution in [2.45, 2.75) is 33.1 Å². The standard InChI is InChI=1S/C28H25BrClN5O4/c1-3-37-23-14-20(13-21(29)26(23)38-16-19-11-7-8-12-22(19)30)25-24(17(2)31-28-32-33-34-35(25)28)27(36)39-15-18-9-5-4-6-10-18/h4-14,25H,3,15-16H2,1-2H3,(H,31,32,34). The maximum absolute atomic E-state index is 13.5. The number of aromatic nitrogens is 4. The van der Waals surface area contributed by atoms with Crippen molar-refractivity contribution in [3.05, 3.63) is 104 Å². The average Bonchev–Trinajstić information content (AvgIpc) is 3.40. The van der Waals surface area contributed by atoms with Crippen LogP contribution in [0.3, 0.4) is 0 Å². The normalized spacial score (nSPS) is 14.4. The van der Waals surface area contributed by atoms with Gasteiger partial charge < -0.3 is 19.5 Å². The maximum Gasteiger partial charge on any atom is 0.338 e. The van der Waals surface area contributed by atoms with Crippen LogP contribution in [0.4, 0.5) is 5.95 Å².